The molecule has 0 bridgehead atoms. The van der Waals surface area contributed by atoms with Gasteiger partial charge < -0.3 is 25.3 Å². The van der Waals surface area contributed by atoms with Crippen LogP contribution in [0.4, 0.5) is 4.79 Å². The van der Waals surface area contributed by atoms with Crippen LogP contribution in [-0.4, -0.2) is 31.2 Å². The number of hydrogen-bond donors (Lipinski definition) is 2. The van der Waals surface area contributed by atoms with Gasteiger partial charge in [0, 0.05) is 24.3 Å². The van der Waals surface area contributed by atoms with Crippen LogP contribution in [0.15, 0.2) is 30.3 Å². The number of quaternary nitrogens is 1. The van der Waals surface area contributed by atoms with Crippen LogP contribution in [0.2, 0.25) is 0 Å². The van der Waals surface area contributed by atoms with Crippen LogP contribution in [0.1, 0.15) is 24.8 Å². The molecule has 0 spiro atoms. The summed E-state index contributed by atoms with van der Waals surface area (Å²) in [4.78, 5) is 22.8. The summed E-state index contributed by atoms with van der Waals surface area (Å²) in [5.41, 5.74) is 0.889. The molecule has 0 aromatic heterocycles. The first-order valence-electron chi connectivity index (χ1n) is 7.64. The number of carboxylic acids is 1. The van der Waals surface area contributed by atoms with Crippen LogP contribution < -0.4 is 15.7 Å². The smallest absolute Gasteiger partial charge is 0.407 e. The van der Waals surface area contributed by atoms with Crippen LogP contribution in [0, 0.1) is 5.92 Å². The lowest BCUT2D eigenvalue weighted by Crippen LogP contribution is -2.88. The van der Waals surface area contributed by atoms with Gasteiger partial charge in [-0.3, -0.25) is 0 Å². The third-order valence-electron chi connectivity index (χ3n) is 3.92. The lowest BCUT2D eigenvalue weighted by atomic mass is 9.90. The minimum Gasteiger partial charge on any atom is -0.550 e. The van der Waals surface area contributed by atoms with Crippen LogP contribution in [0.25, 0.3) is 0 Å². The second-order valence-electron chi connectivity index (χ2n) is 5.60. The maximum absolute atomic E-state index is 11.9. The summed E-state index contributed by atoms with van der Waals surface area (Å²) in [6.07, 6.45) is 1.17. The Balaban J connectivity index is 1.85. The average Bonchev–Trinajstić information content (AvgIpc) is 2.54. The Morgan fingerprint density at radius 3 is 2.77 bits per heavy atom. The van der Waals surface area contributed by atoms with Crippen molar-refractivity contribution >= 4 is 12.1 Å². The Labute approximate surface area is 129 Å². The summed E-state index contributed by atoms with van der Waals surface area (Å²) in [5.74, 6) is -1.02. The molecule has 120 valence electrons. The van der Waals surface area contributed by atoms with E-state index < -0.39 is 18.1 Å². The predicted molar refractivity (Wildman–Crippen MR) is 77.6 cm³/mol. The summed E-state index contributed by atoms with van der Waals surface area (Å²) < 4.78 is 5.16. The molecule has 2 rings (SSSR count). The zero-order valence-corrected chi connectivity index (χ0v) is 12.5. The molecule has 1 heterocycles. The van der Waals surface area contributed by atoms with E-state index in [9.17, 15) is 14.7 Å². The summed E-state index contributed by atoms with van der Waals surface area (Å²) >= 11 is 0. The molecule has 1 aromatic carbocycles. The predicted octanol–water partition coefficient (Wildman–Crippen LogP) is -0.605. The zero-order valence-electron chi connectivity index (χ0n) is 12.5. The van der Waals surface area contributed by atoms with E-state index in [1.165, 1.54) is 0 Å². The van der Waals surface area contributed by atoms with Crippen LogP contribution in [-0.2, 0) is 16.1 Å². The van der Waals surface area contributed by atoms with Gasteiger partial charge in [0.1, 0.15) is 6.61 Å². The molecular formula is C16H22N2O4. The highest BCUT2D eigenvalue weighted by Crippen LogP contribution is 2.15. The summed E-state index contributed by atoms with van der Waals surface area (Å²) in [6.45, 7) is 2.03. The molecule has 2 atom stereocenters. The monoisotopic (exact) mass is 306 g/mol. The molecule has 6 heteroatoms. The minimum atomic E-state index is -1.15. The molecule has 1 aromatic rings. The number of piperidine rings is 1. The van der Waals surface area contributed by atoms with E-state index in [4.69, 9.17) is 4.74 Å². The molecule has 1 amide bonds. The fourth-order valence-corrected chi connectivity index (χ4v) is 2.77. The summed E-state index contributed by atoms with van der Waals surface area (Å²) in [5, 5.41) is 15.7. The van der Waals surface area contributed by atoms with Crippen molar-refractivity contribution in [3.8, 4) is 0 Å². The van der Waals surface area contributed by atoms with Crippen molar-refractivity contribution in [3.63, 3.8) is 0 Å². The Kier molecular flexibility index (Phi) is 6.21. The second-order valence-corrected chi connectivity index (χ2v) is 5.60. The highest BCUT2D eigenvalue weighted by molar-refractivity contribution is 5.70. The first-order valence-corrected chi connectivity index (χ1v) is 7.64. The molecular weight excluding hydrogens is 284 g/mol. The number of carbonyl (C=O) groups excluding carboxylic acids is 2. The maximum Gasteiger partial charge on any atom is 0.407 e. The first kappa shape index (κ1) is 16.3. The molecule has 1 fully saturated rings. The van der Waals surface area contributed by atoms with E-state index in [0.29, 0.717) is 0 Å². The normalized spacial score (nSPS) is 19.2. The van der Waals surface area contributed by atoms with Crippen LogP contribution in [0.5, 0.6) is 0 Å². The molecule has 0 radical (unpaired) electrons. The molecule has 1 aliphatic rings. The summed E-state index contributed by atoms with van der Waals surface area (Å²) in [7, 11) is 0. The quantitative estimate of drug-likeness (QED) is 0.733. The van der Waals surface area contributed by atoms with E-state index in [1.54, 1.807) is 0 Å². The topological polar surface area (TPSA) is 95.1 Å². The van der Waals surface area contributed by atoms with Crippen molar-refractivity contribution in [1.82, 2.24) is 5.32 Å². The number of carbonyl (C=O) groups is 2. The summed E-state index contributed by atoms with van der Waals surface area (Å²) in [6, 6.07) is 8.91. The van der Waals surface area contributed by atoms with Gasteiger partial charge in [0.25, 0.3) is 0 Å². The van der Waals surface area contributed by atoms with Gasteiger partial charge >= 0.3 is 6.09 Å². The second kappa shape index (κ2) is 8.38. The molecule has 0 saturated carbocycles. The zero-order chi connectivity index (χ0) is 15.8. The highest BCUT2D eigenvalue weighted by Gasteiger charge is 2.27. The van der Waals surface area contributed by atoms with E-state index >= 15 is 0 Å². The Hall–Kier alpha value is -2.08. The number of alkyl carbamates (subject to hydrolysis) is 1. The van der Waals surface area contributed by atoms with Crippen molar-refractivity contribution in [1.29, 1.82) is 0 Å². The Bertz CT molecular complexity index is 486. The van der Waals surface area contributed by atoms with Crippen LogP contribution in [0.3, 0.4) is 0 Å². The third-order valence-corrected chi connectivity index (χ3v) is 3.92. The third kappa shape index (κ3) is 5.37. The number of aliphatic carboxylic acids is 1. The number of amides is 1. The van der Waals surface area contributed by atoms with E-state index in [-0.39, 0.29) is 18.9 Å². The molecule has 1 aliphatic heterocycles. The van der Waals surface area contributed by atoms with Gasteiger partial charge in [0.2, 0.25) is 0 Å². The number of carboxylic acid groups (broad SMARTS) is 1. The van der Waals surface area contributed by atoms with E-state index in [2.05, 4.69) is 10.6 Å². The molecule has 0 unspecified atom stereocenters. The lowest BCUT2D eigenvalue weighted by molar-refractivity contribution is -0.669. The molecule has 6 nitrogen and oxygen atoms in total. The first-order chi connectivity index (χ1) is 10.6. The van der Waals surface area contributed by atoms with Crippen molar-refractivity contribution in [2.24, 2.45) is 5.92 Å². The van der Waals surface area contributed by atoms with Gasteiger partial charge in [0.05, 0.1) is 13.1 Å². The molecule has 22 heavy (non-hydrogen) atoms. The van der Waals surface area contributed by atoms with Crippen molar-refractivity contribution in [2.75, 3.05) is 13.1 Å². The van der Waals surface area contributed by atoms with Gasteiger partial charge in [-0.2, -0.15) is 0 Å². The van der Waals surface area contributed by atoms with Gasteiger partial charge in [0.15, 0.2) is 0 Å². The number of nitrogens with two attached hydrogens (primary N) is 1. The minimum absolute atomic E-state index is 0.135. The molecule has 3 N–H and O–H groups in total. The van der Waals surface area contributed by atoms with Crippen LogP contribution >= 0.6 is 0 Å². The number of benzene rings is 1. The number of ether oxygens (including phenoxy) is 1. The molecule has 0 aliphatic carbocycles. The van der Waals surface area contributed by atoms with Crippen molar-refractivity contribution in [3.05, 3.63) is 35.9 Å². The van der Waals surface area contributed by atoms with Gasteiger partial charge in [-0.15, -0.1) is 0 Å². The fraction of sp³-hybridized carbons (Fsp3) is 0.500. The standard InChI is InChI=1S/C16H22N2O4/c19-15(20)9-14(13-7-4-8-17-10-13)18-16(21)22-11-12-5-2-1-3-6-12/h1-3,5-6,13-14,17H,4,7-11H2,(H,18,21)(H,19,20)/t13-,14+/m1/s1. The van der Waals surface area contributed by atoms with Gasteiger partial charge in [-0.1, -0.05) is 30.3 Å². The van der Waals surface area contributed by atoms with Crippen molar-refractivity contribution < 1.29 is 24.7 Å². The number of hydrogen-bond acceptors (Lipinski definition) is 4. The average molecular weight is 306 g/mol. The molecule has 1 saturated heterocycles. The van der Waals surface area contributed by atoms with E-state index in [0.717, 1.165) is 31.5 Å². The Morgan fingerprint density at radius 1 is 1.36 bits per heavy atom. The van der Waals surface area contributed by atoms with Gasteiger partial charge in [-0.25, -0.2) is 4.79 Å². The number of rotatable bonds is 6. The SMILES string of the molecule is O=C([O-])C[C@H](NC(=O)OCc1ccccc1)[C@@H]1CCC[NH2+]C1. The maximum atomic E-state index is 11.9. The van der Waals surface area contributed by atoms with Crippen molar-refractivity contribution in [2.45, 2.75) is 31.9 Å². The van der Waals surface area contributed by atoms with E-state index in [1.807, 2.05) is 30.3 Å². The Morgan fingerprint density at radius 2 is 2.14 bits per heavy atom. The number of nitrogens with one attached hydrogen (secondary N) is 1. The lowest BCUT2D eigenvalue weighted by Gasteiger charge is -2.29. The fourth-order valence-electron chi connectivity index (χ4n) is 2.77. The largest absolute Gasteiger partial charge is 0.550 e. The van der Waals surface area contributed by atoms with Gasteiger partial charge in [-0.05, 0) is 18.4 Å². The highest BCUT2D eigenvalue weighted by atomic mass is 16.5.